The van der Waals surface area contributed by atoms with Gasteiger partial charge in [-0.25, -0.2) is 0 Å². The first kappa shape index (κ1) is 20.3. The largest absolute Gasteiger partial charge is 0.270 e. The molecule has 142 valence electrons. The van der Waals surface area contributed by atoms with Gasteiger partial charge < -0.3 is 0 Å². The summed E-state index contributed by atoms with van der Waals surface area (Å²) >= 11 is 12.9. The molecule has 1 aliphatic heterocycles. The standard InChI is InChI=1S/C20H15ClN2O3S2/c1-12-4-3-5-17(13(12)2)22-19(24)18(28-20(22)27)11-15(21)10-14-6-8-16(9-7-14)23(25)26/h3-11H,1-2H3/b15-10-,18-11-. The fourth-order valence-corrected chi connectivity index (χ4v) is 4.25. The topological polar surface area (TPSA) is 63.5 Å². The first-order valence-electron chi connectivity index (χ1n) is 8.24. The Balaban J connectivity index is 1.86. The molecule has 1 fully saturated rings. The fraction of sp³-hybridized carbons (Fsp3) is 0.100. The molecular formula is C20H15ClN2O3S2. The Hall–Kier alpha value is -2.48. The van der Waals surface area contributed by atoms with Crippen LogP contribution in [-0.2, 0) is 4.79 Å². The number of anilines is 1. The molecule has 0 bridgehead atoms. The first-order chi connectivity index (χ1) is 13.3. The van der Waals surface area contributed by atoms with E-state index in [0.29, 0.717) is 19.8 Å². The van der Waals surface area contributed by atoms with E-state index < -0.39 is 4.92 Å². The number of nitro groups is 1. The van der Waals surface area contributed by atoms with Gasteiger partial charge in [0.1, 0.15) is 0 Å². The first-order valence-corrected chi connectivity index (χ1v) is 9.84. The van der Waals surface area contributed by atoms with E-state index >= 15 is 0 Å². The molecule has 8 heteroatoms. The van der Waals surface area contributed by atoms with Crippen LogP contribution in [0.1, 0.15) is 16.7 Å². The van der Waals surface area contributed by atoms with Gasteiger partial charge in [-0.1, -0.05) is 47.7 Å². The number of non-ortho nitro benzene ring substituents is 1. The average Bonchev–Trinajstić information content (AvgIpc) is 2.91. The van der Waals surface area contributed by atoms with Crippen molar-refractivity contribution in [2.24, 2.45) is 0 Å². The SMILES string of the molecule is Cc1cccc(N2C(=O)/C(=C/C(Cl)=C/c3ccc([N+](=O)[O-])cc3)SC2=S)c1C. The second-order valence-electron chi connectivity index (χ2n) is 6.11. The van der Waals surface area contributed by atoms with E-state index in [-0.39, 0.29) is 11.6 Å². The summed E-state index contributed by atoms with van der Waals surface area (Å²) in [6, 6.07) is 11.7. The molecule has 0 aromatic heterocycles. The van der Waals surface area contributed by atoms with Crippen molar-refractivity contribution in [3.8, 4) is 0 Å². The van der Waals surface area contributed by atoms with Crippen LogP contribution >= 0.6 is 35.6 Å². The second-order valence-corrected chi connectivity index (χ2v) is 8.23. The molecule has 0 saturated carbocycles. The maximum Gasteiger partial charge on any atom is 0.270 e. The molecule has 1 saturated heterocycles. The quantitative estimate of drug-likeness (QED) is 0.268. The monoisotopic (exact) mass is 430 g/mol. The number of allylic oxidation sites excluding steroid dienone is 2. The van der Waals surface area contributed by atoms with Crippen LogP contribution in [0.3, 0.4) is 0 Å². The number of halogens is 1. The highest BCUT2D eigenvalue weighted by molar-refractivity contribution is 8.27. The van der Waals surface area contributed by atoms with Gasteiger partial charge in [-0.2, -0.15) is 0 Å². The number of benzene rings is 2. The third kappa shape index (κ3) is 4.16. The number of thiocarbonyl (C=S) groups is 1. The van der Waals surface area contributed by atoms with Gasteiger partial charge in [0.05, 0.1) is 15.5 Å². The van der Waals surface area contributed by atoms with Crippen LogP contribution in [-0.4, -0.2) is 15.2 Å². The van der Waals surface area contributed by atoms with Crippen LogP contribution in [0.2, 0.25) is 0 Å². The van der Waals surface area contributed by atoms with E-state index in [1.54, 1.807) is 24.3 Å². The number of nitrogens with zero attached hydrogens (tertiary/aromatic N) is 2. The third-order valence-corrected chi connectivity index (χ3v) is 5.81. The number of nitro benzene ring substituents is 1. The lowest BCUT2D eigenvalue weighted by Gasteiger charge is -2.18. The van der Waals surface area contributed by atoms with Crippen molar-refractivity contribution < 1.29 is 9.72 Å². The number of rotatable bonds is 4. The number of carbonyl (C=O) groups excluding carboxylic acids is 1. The number of amides is 1. The maximum atomic E-state index is 12.9. The molecule has 3 rings (SSSR count). The molecule has 28 heavy (non-hydrogen) atoms. The highest BCUT2D eigenvalue weighted by Crippen LogP contribution is 2.37. The van der Waals surface area contributed by atoms with Gasteiger partial charge in [0.15, 0.2) is 4.32 Å². The molecular weight excluding hydrogens is 416 g/mol. The lowest BCUT2D eigenvalue weighted by molar-refractivity contribution is -0.384. The molecule has 1 aliphatic rings. The van der Waals surface area contributed by atoms with Crippen molar-refractivity contribution in [3.05, 3.63) is 85.3 Å². The molecule has 2 aromatic carbocycles. The predicted octanol–water partition coefficient (Wildman–Crippen LogP) is 5.74. The maximum absolute atomic E-state index is 12.9. The van der Waals surface area contributed by atoms with E-state index in [2.05, 4.69) is 0 Å². The molecule has 2 aromatic rings. The van der Waals surface area contributed by atoms with Crippen molar-refractivity contribution in [2.45, 2.75) is 13.8 Å². The number of thioether (sulfide) groups is 1. The van der Waals surface area contributed by atoms with E-state index in [1.165, 1.54) is 28.8 Å². The molecule has 0 unspecified atom stereocenters. The summed E-state index contributed by atoms with van der Waals surface area (Å²) in [6.45, 7) is 3.94. The highest BCUT2D eigenvalue weighted by Gasteiger charge is 2.34. The molecule has 0 spiro atoms. The minimum absolute atomic E-state index is 0.00247. The van der Waals surface area contributed by atoms with E-state index in [0.717, 1.165) is 16.8 Å². The summed E-state index contributed by atoms with van der Waals surface area (Å²) in [5.74, 6) is -0.223. The van der Waals surface area contributed by atoms with Crippen LogP contribution in [0.4, 0.5) is 11.4 Å². The second kappa shape index (κ2) is 8.26. The minimum atomic E-state index is -0.465. The van der Waals surface area contributed by atoms with Crippen LogP contribution in [0.25, 0.3) is 6.08 Å². The van der Waals surface area contributed by atoms with E-state index in [1.807, 2.05) is 32.0 Å². The number of carbonyl (C=O) groups is 1. The zero-order valence-corrected chi connectivity index (χ0v) is 17.4. The Bertz CT molecular complexity index is 1050. The fourth-order valence-electron chi connectivity index (χ4n) is 2.67. The van der Waals surface area contributed by atoms with Crippen molar-refractivity contribution in [1.29, 1.82) is 0 Å². The lowest BCUT2D eigenvalue weighted by atomic mass is 10.1. The summed E-state index contributed by atoms with van der Waals surface area (Å²) in [5, 5.41) is 11.1. The molecule has 0 N–H and O–H groups in total. The van der Waals surface area contributed by atoms with E-state index in [4.69, 9.17) is 23.8 Å². The van der Waals surface area contributed by atoms with Crippen LogP contribution in [0, 0.1) is 24.0 Å². The normalized spacial score (nSPS) is 16.2. The van der Waals surface area contributed by atoms with Crippen molar-refractivity contribution in [1.82, 2.24) is 0 Å². The van der Waals surface area contributed by atoms with Gasteiger partial charge in [0.25, 0.3) is 11.6 Å². The molecule has 0 radical (unpaired) electrons. The third-order valence-electron chi connectivity index (χ3n) is 4.29. The lowest BCUT2D eigenvalue weighted by Crippen LogP contribution is -2.28. The Kier molecular flexibility index (Phi) is 5.98. The molecule has 1 heterocycles. The average molecular weight is 431 g/mol. The van der Waals surface area contributed by atoms with Gasteiger partial charge in [-0.15, -0.1) is 0 Å². The number of hydrogen-bond donors (Lipinski definition) is 0. The Morgan fingerprint density at radius 2 is 1.89 bits per heavy atom. The molecule has 0 atom stereocenters. The molecule has 0 aliphatic carbocycles. The Morgan fingerprint density at radius 3 is 2.54 bits per heavy atom. The van der Waals surface area contributed by atoms with Crippen LogP contribution < -0.4 is 4.90 Å². The van der Waals surface area contributed by atoms with Gasteiger partial charge in [-0.3, -0.25) is 19.8 Å². The summed E-state index contributed by atoms with van der Waals surface area (Å²) in [6.07, 6.45) is 3.20. The van der Waals surface area contributed by atoms with Gasteiger partial charge in [0, 0.05) is 17.2 Å². The number of hydrogen-bond acceptors (Lipinski definition) is 5. The summed E-state index contributed by atoms with van der Waals surface area (Å²) < 4.78 is 0.449. The van der Waals surface area contributed by atoms with Crippen molar-refractivity contribution in [2.75, 3.05) is 4.90 Å². The van der Waals surface area contributed by atoms with Gasteiger partial charge in [0.2, 0.25) is 0 Å². The summed E-state index contributed by atoms with van der Waals surface area (Å²) in [5.41, 5.74) is 3.53. The Labute approximate surface area is 176 Å². The van der Waals surface area contributed by atoms with Crippen molar-refractivity contribution >= 4 is 63.3 Å². The minimum Gasteiger partial charge on any atom is -0.268 e. The molecule has 1 amide bonds. The zero-order chi connectivity index (χ0) is 20.4. The van der Waals surface area contributed by atoms with Gasteiger partial charge in [-0.05, 0) is 60.9 Å². The van der Waals surface area contributed by atoms with Gasteiger partial charge >= 0.3 is 0 Å². The Morgan fingerprint density at radius 1 is 1.21 bits per heavy atom. The highest BCUT2D eigenvalue weighted by atomic mass is 35.5. The summed E-state index contributed by atoms with van der Waals surface area (Å²) in [4.78, 5) is 25.1. The van der Waals surface area contributed by atoms with Crippen molar-refractivity contribution in [3.63, 3.8) is 0 Å². The van der Waals surface area contributed by atoms with E-state index in [9.17, 15) is 14.9 Å². The molecule has 5 nitrogen and oxygen atoms in total. The zero-order valence-electron chi connectivity index (χ0n) is 15.0. The predicted molar refractivity (Wildman–Crippen MR) is 119 cm³/mol. The van der Waals surface area contributed by atoms with Crippen LogP contribution in [0.15, 0.2) is 58.5 Å². The smallest absolute Gasteiger partial charge is 0.268 e. The number of aryl methyl sites for hydroxylation is 1. The summed E-state index contributed by atoms with van der Waals surface area (Å²) in [7, 11) is 0. The van der Waals surface area contributed by atoms with Crippen LogP contribution in [0.5, 0.6) is 0 Å².